The summed E-state index contributed by atoms with van der Waals surface area (Å²) in [6.07, 6.45) is 7.84. The molecular formula is C38H31NS. The molecule has 1 nitrogen and oxygen atoms in total. The normalized spacial score (nSPS) is 15.6. The first-order valence-electron chi connectivity index (χ1n) is 13.8. The number of aryl methyl sites for hydroxylation is 1. The molecule has 0 spiro atoms. The molecule has 1 atom stereocenters. The van der Waals surface area contributed by atoms with Crippen molar-refractivity contribution in [1.29, 1.82) is 0 Å². The van der Waals surface area contributed by atoms with E-state index in [0.717, 1.165) is 12.0 Å². The van der Waals surface area contributed by atoms with Crippen LogP contribution >= 0.6 is 10.0 Å². The lowest BCUT2D eigenvalue weighted by atomic mass is 10.1. The zero-order chi connectivity index (χ0) is 27.1. The number of para-hydroxylation sites is 2. The molecule has 5 aromatic carbocycles. The first-order chi connectivity index (χ1) is 19.7. The quantitative estimate of drug-likeness (QED) is 0.208. The van der Waals surface area contributed by atoms with Crippen molar-refractivity contribution >= 4 is 31.8 Å². The van der Waals surface area contributed by atoms with Crippen LogP contribution in [-0.2, 0) is 0 Å². The lowest BCUT2D eigenvalue weighted by Gasteiger charge is -2.43. The average Bonchev–Trinajstić information content (AvgIpc) is 3.33. The van der Waals surface area contributed by atoms with E-state index in [0.29, 0.717) is 0 Å². The number of benzene rings is 5. The minimum atomic E-state index is -1.80. The molecule has 194 valence electrons. The van der Waals surface area contributed by atoms with Crippen molar-refractivity contribution in [2.24, 2.45) is 0 Å². The first kappa shape index (κ1) is 24.5. The zero-order valence-corrected chi connectivity index (χ0v) is 23.4. The Labute approximate surface area is 237 Å². The average molecular weight is 534 g/mol. The SMILES string of the molecule is C=C1C=C(S(c2ccccc2)(c2ccc(C)cc2)c2ccc3c(c2)c2ccccc2n3-c2ccccc2)C=CC1. The van der Waals surface area contributed by atoms with Gasteiger partial charge in [-0.25, -0.2) is 0 Å². The van der Waals surface area contributed by atoms with Crippen LogP contribution in [0.15, 0.2) is 177 Å². The molecule has 1 heterocycles. The van der Waals surface area contributed by atoms with Crippen LogP contribution in [-0.4, -0.2) is 4.57 Å². The Hall–Kier alpha value is -4.53. The van der Waals surface area contributed by atoms with Crippen molar-refractivity contribution in [2.75, 3.05) is 0 Å². The van der Waals surface area contributed by atoms with E-state index < -0.39 is 10.0 Å². The summed E-state index contributed by atoms with van der Waals surface area (Å²) >= 11 is 0. The molecule has 1 unspecified atom stereocenters. The molecule has 0 radical (unpaired) electrons. The molecule has 1 aliphatic rings. The fourth-order valence-electron chi connectivity index (χ4n) is 6.01. The van der Waals surface area contributed by atoms with Crippen LogP contribution in [0.3, 0.4) is 0 Å². The largest absolute Gasteiger partial charge is 0.309 e. The van der Waals surface area contributed by atoms with Crippen LogP contribution in [0, 0.1) is 6.92 Å². The second-order valence-corrected chi connectivity index (χ2v) is 13.5. The fraction of sp³-hybridized carbons (Fsp3) is 0.0526. The molecule has 0 N–H and O–H groups in total. The van der Waals surface area contributed by atoms with E-state index in [2.05, 4.69) is 164 Å². The van der Waals surface area contributed by atoms with Crippen LogP contribution in [0.25, 0.3) is 27.5 Å². The Morgan fingerprint density at radius 1 is 0.625 bits per heavy atom. The lowest BCUT2D eigenvalue weighted by molar-refractivity contribution is 1.18. The maximum absolute atomic E-state index is 4.38. The van der Waals surface area contributed by atoms with Gasteiger partial charge in [0, 0.05) is 36.1 Å². The fourth-order valence-corrected chi connectivity index (χ4v) is 9.96. The van der Waals surface area contributed by atoms with Gasteiger partial charge in [0.1, 0.15) is 0 Å². The smallest absolute Gasteiger partial charge is 0.0541 e. The van der Waals surface area contributed by atoms with Crippen LogP contribution in [0.5, 0.6) is 0 Å². The lowest BCUT2D eigenvalue weighted by Crippen LogP contribution is -2.08. The van der Waals surface area contributed by atoms with E-state index in [1.54, 1.807) is 0 Å². The summed E-state index contributed by atoms with van der Waals surface area (Å²) in [5.74, 6) is 0. The van der Waals surface area contributed by atoms with Crippen molar-refractivity contribution in [2.45, 2.75) is 28.0 Å². The van der Waals surface area contributed by atoms with Crippen LogP contribution in [0.4, 0.5) is 0 Å². The van der Waals surface area contributed by atoms with E-state index in [1.807, 2.05) is 0 Å². The molecule has 0 bridgehead atoms. The molecule has 0 aliphatic heterocycles. The van der Waals surface area contributed by atoms with E-state index >= 15 is 0 Å². The molecule has 0 fully saturated rings. The Morgan fingerprint density at radius 2 is 1.25 bits per heavy atom. The molecule has 1 aliphatic carbocycles. The Kier molecular flexibility index (Phi) is 6.06. The topological polar surface area (TPSA) is 4.93 Å². The highest BCUT2D eigenvalue weighted by Crippen LogP contribution is 2.74. The first-order valence-corrected chi connectivity index (χ1v) is 15.4. The Bertz CT molecular complexity index is 1930. The molecule has 40 heavy (non-hydrogen) atoms. The maximum Gasteiger partial charge on any atom is 0.0541 e. The third-order valence-corrected chi connectivity index (χ3v) is 11.7. The second-order valence-electron chi connectivity index (χ2n) is 10.4. The number of allylic oxidation sites excluding steroid dienone is 4. The predicted molar refractivity (Wildman–Crippen MR) is 172 cm³/mol. The van der Waals surface area contributed by atoms with Crippen LogP contribution < -0.4 is 0 Å². The van der Waals surface area contributed by atoms with Gasteiger partial charge >= 0.3 is 0 Å². The monoisotopic (exact) mass is 533 g/mol. The van der Waals surface area contributed by atoms with E-state index in [-0.39, 0.29) is 0 Å². The van der Waals surface area contributed by atoms with Gasteiger partial charge in [-0.2, -0.15) is 0 Å². The van der Waals surface area contributed by atoms with E-state index in [9.17, 15) is 0 Å². The summed E-state index contributed by atoms with van der Waals surface area (Å²) in [5.41, 5.74) is 6.04. The summed E-state index contributed by atoms with van der Waals surface area (Å²) in [5, 5.41) is 2.54. The second kappa shape index (κ2) is 9.89. The van der Waals surface area contributed by atoms with Crippen molar-refractivity contribution < 1.29 is 0 Å². The number of aromatic nitrogens is 1. The Morgan fingerprint density at radius 3 is 2.00 bits per heavy atom. The van der Waals surface area contributed by atoms with Gasteiger partial charge in [0.25, 0.3) is 0 Å². The van der Waals surface area contributed by atoms with Crippen molar-refractivity contribution in [3.8, 4) is 5.69 Å². The number of hydrogen-bond donors (Lipinski definition) is 0. The third-order valence-electron chi connectivity index (χ3n) is 7.85. The van der Waals surface area contributed by atoms with Crippen LogP contribution in [0.2, 0.25) is 0 Å². The molecule has 2 heteroatoms. The standard InChI is InChI=1S/C38H31NS/c1-28-20-22-32(23-21-28)40(31-15-7-4-8-16-31,33-17-11-12-29(2)26-33)34-24-25-38-36(27-34)35-18-9-10-19-37(35)39(38)30-13-5-3-6-14-30/h3-11,13-27H,2,12H2,1H3. The van der Waals surface area contributed by atoms with Gasteiger partial charge in [-0.15, -0.1) is 10.0 Å². The number of fused-ring (bicyclic) bond motifs is 3. The Balaban J connectivity index is 1.60. The van der Waals surface area contributed by atoms with Gasteiger partial charge in [0.15, 0.2) is 0 Å². The number of rotatable bonds is 5. The molecule has 7 rings (SSSR count). The zero-order valence-electron chi connectivity index (χ0n) is 22.6. The molecule has 0 saturated carbocycles. The van der Waals surface area contributed by atoms with Crippen molar-refractivity contribution in [1.82, 2.24) is 4.57 Å². The summed E-state index contributed by atoms with van der Waals surface area (Å²) < 4.78 is 2.39. The molecule has 0 saturated heterocycles. The minimum Gasteiger partial charge on any atom is -0.309 e. The van der Waals surface area contributed by atoms with Gasteiger partial charge in [-0.1, -0.05) is 96.6 Å². The summed E-state index contributed by atoms with van der Waals surface area (Å²) in [7, 11) is -1.80. The van der Waals surface area contributed by atoms with E-state index in [4.69, 9.17) is 0 Å². The predicted octanol–water partition coefficient (Wildman–Crippen LogP) is 10.8. The maximum atomic E-state index is 4.38. The van der Waals surface area contributed by atoms with Gasteiger partial charge in [0.05, 0.1) is 11.0 Å². The van der Waals surface area contributed by atoms with Crippen molar-refractivity contribution in [3.63, 3.8) is 0 Å². The molecule has 6 aromatic rings. The van der Waals surface area contributed by atoms with Gasteiger partial charge in [0.2, 0.25) is 0 Å². The highest BCUT2D eigenvalue weighted by atomic mass is 32.3. The number of hydrogen-bond acceptors (Lipinski definition) is 0. The summed E-state index contributed by atoms with van der Waals surface area (Å²) in [6.45, 7) is 6.55. The minimum absolute atomic E-state index is 0.894. The van der Waals surface area contributed by atoms with Gasteiger partial charge < -0.3 is 4.57 Å². The molecule has 0 amide bonds. The van der Waals surface area contributed by atoms with Crippen molar-refractivity contribution in [3.05, 3.63) is 168 Å². The third kappa shape index (κ3) is 3.87. The van der Waals surface area contributed by atoms with Gasteiger partial charge in [-0.05, 0) is 80.1 Å². The highest BCUT2D eigenvalue weighted by molar-refractivity contribution is 8.37. The summed E-state index contributed by atoms with van der Waals surface area (Å²) in [4.78, 5) is 5.32. The van der Waals surface area contributed by atoms with Crippen LogP contribution in [0.1, 0.15) is 12.0 Å². The number of nitrogens with zero attached hydrogens (tertiary/aromatic N) is 1. The van der Waals surface area contributed by atoms with E-state index in [1.165, 1.54) is 52.6 Å². The highest BCUT2D eigenvalue weighted by Gasteiger charge is 2.35. The molecular weight excluding hydrogens is 502 g/mol. The molecule has 1 aromatic heterocycles. The van der Waals surface area contributed by atoms with Gasteiger partial charge in [-0.3, -0.25) is 0 Å². The summed E-state index contributed by atoms with van der Waals surface area (Å²) in [6, 6.07) is 46.9.